The third-order valence-corrected chi connectivity index (χ3v) is 2.10. The van der Waals surface area contributed by atoms with Crippen LogP contribution in [0.1, 0.15) is 6.41 Å². The topological polar surface area (TPSA) is 62.1 Å². The Morgan fingerprint density at radius 3 is 2.73 bits per heavy atom. The Balaban J connectivity index is 2.55. The molecule has 0 aromatic carbocycles. The molecule has 0 radical (unpaired) electrons. The van der Waals surface area contributed by atoms with Gasteiger partial charge in [-0.05, 0) is 11.6 Å². The van der Waals surface area contributed by atoms with Gasteiger partial charge < -0.3 is 9.47 Å². The van der Waals surface area contributed by atoms with Gasteiger partial charge in [0.25, 0.3) is 0 Å². The molecule has 0 unspecified atom stereocenters. The number of nitrogens with zero attached hydrogens (tertiary/aromatic N) is 4. The minimum atomic E-state index is -0.569. The summed E-state index contributed by atoms with van der Waals surface area (Å²) in [4.78, 5) is 12.0. The Morgan fingerprint density at radius 2 is 2.07 bits per heavy atom. The summed E-state index contributed by atoms with van der Waals surface area (Å²) >= 11 is 5.69. The van der Waals surface area contributed by atoms with E-state index in [1.807, 2.05) is 0 Å². The van der Waals surface area contributed by atoms with Crippen LogP contribution >= 0.6 is 11.6 Å². The van der Waals surface area contributed by atoms with E-state index in [2.05, 4.69) is 15.0 Å². The Labute approximate surface area is 90.8 Å². The molecule has 0 bridgehead atoms. The van der Waals surface area contributed by atoms with Crippen LogP contribution < -0.4 is 0 Å². The molecule has 80 valence electrons. The first-order chi connectivity index (χ1) is 7.26. The number of aromatic nitrogens is 4. The summed E-state index contributed by atoms with van der Waals surface area (Å²) in [6, 6.07) is 0. The highest BCUT2D eigenvalue weighted by atomic mass is 35.5. The summed E-state index contributed by atoms with van der Waals surface area (Å²) in [5, 5.41) is 0.162. The molecular formula is C8H9ClN4O2. The summed E-state index contributed by atoms with van der Waals surface area (Å²) < 4.78 is 11.8. The maximum atomic E-state index is 5.69. The molecule has 0 aliphatic rings. The first-order valence-corrected chi connectivity index (χ1v) is 4.54. The van der Waals surface area contributed by atoms with Crippen molar-refractivity contribution in [2.24, 2.45) is 0 Å². The van der Waals surface area contributed by atoms with Crippen LogP contribution in [-0.4, -0.2) is 33.7 Å². The lowest BCUT2D eigenvalue weighted by Crippen LogP contribution is -2.12. The van der Waals surface area contributed by atoms with Gasteiger partial charge in [-0.25, -0.2) is 9.97 Å². The molecule has 2 heterocycles. The normalized spacial score (nSPS) is 11.5. The van der Waals surface area contributed by atoms with Gasteiger partial charge in [-0.3, -0.25) is 4.57 Å². The number of hydrogen-bond donors (Lipinski definition) is 0. The van der Waals surface area contributed by atoms with E-state index in [0.717, 1.165) is 0 Å². The molecule has 0 aliphatic heterocycles. The highest BCUT2D eigenvalue weighted by Crippen LogP contribution is 2.17. The van der Waals surface area contributed by atoms with E-state index in [9.17, 15) is 0 Å². The van der Waals surface area contributed by atoms with Crippen LogP contribution in [0.15, 0.2) is 12.5 Å². The van der Waals surface area contributed by atoms with Gasteiger partial charge in [-0.1, -0.05) is 0 Å². The van der Waals surface area contributed by atoms with Crippen LogP contribution in [0.5, 0.6) is 0 Å². The van der Waals surface area contributed by atoms with Crippen molar-refractivity contribution in [3.05, 3.63) is 17.8 Å². The summed E-state index contributed by atoms with van der Waals surface area (Å²) in [5.41, 5.74) is 1.21. The molecule has 0 atom stereocenters. The van der Waals surface area contributed by atoms with Crippen molar-refractivity contribution in [2.45, 2.75) is 6.41 Å². The largest absolute Gasteiger partial charge is 0.338 e. The maximum Gasteiger partial charge on any atom is 0.246 e. The molecule has 0 amide bonds. The molecule has 6 nitrogen and oxygen atoms in total. The quantitative estimate of drug-likeness (QED) is 0.584. The lowest BCUT2D eigenvalue weighted by Gasteiger charge is -2.14. The fourth-order valence-electron chi connectivity index (χ4n) is 1.28. The van der Waals surface area contributed by atoms with Crippen LogP contribution in [-0.2, 0) is 9.47 Å². The van der Waals surface area contributed by atoms with Crippen LogP contribution in [0.25, 0.3) is 11.2 Å². The molecule has 0 saturated heterocycles. The SMILES string of the molecule is COC(OC)n1cnc2cnc(Cl)nc21. The zero-order valence-corrected chi connectivity index (χ0v) is 8.97. The molecule has 15 heavy (non-hydrogen) atoms. The number of rotatable bonds is 3. The highest BCUT2D eigenvalue weighted by Gasteiger charge is 2.13. The Hall–Kier alpha value is -1.24. The van der Waals surface area contributed by atoms with Crippen molar-refractivity contribution in [3.8, 4) is 0 Å². The first-order valence-electron chi connectivity index (χ1n) is 4.17. The van der Waals surface area contributed by atoms with Gasteiger partial charge >= 0.3 is 0 Å². The average molecular weight is 229 g/mol. The number of hydrogen-bond acceptors (Lipinski definition) is 5. The van der Waals surface area contributed by atoms with Crippen molar-refractivity contribution in [1.29, 1.82) is 0 Å². The molecule has 0 spiro atoms. The predicted molar refractivity (Wildman–Crippen MR) is 53.4 cm³/mol. The van der Waals surface area contributed by atoms with Crippen LogP contribution in [0.4, 0.5) is 0 Å². The fourth-order valence-corrected chi connectivity index (χ4v) is 1.41. The van der Waals surface area contributed by atoms with Crippen molar-refractivity contribution in [3.63, 3.8) is 0 Å². The second-order valence-corrected chi connectivity index (χ2v) is 3.12. The van der Waals surface area contributed by atoms with Crippen molar-refractivity contribution >= 4 is 22.8 Å². The van der Waals surface area contributed by atoms with E-state index in [0.29, 0.717) is 11.2 Å². The molecule has 2 aromatic heterocycles. The van der Waals surface area contributed by atoms with E-state index >= 15 is 0 Å². The molecule has 2 rings (SSSR count). The molecule has 7 heteroatoms. The third-order valence-electron chi connectivity index (χ3n) is 1.92. The van der Waals surface area contributed by atoms with Crippen LogP contribution in [0.3, 0.4) is 0 Å². The van der Waals surface area contributed by atoms with Gasteiger partial charge in [0.15, 0.2) is 5.65 Å². The summed E-state index contributed by atoms with van der Waals surface area (Å²) in [7, 11) is 3.06. The number of methoxy groups -OCH3 is 2. The third kappa shape index (κ3) is 1.79. The fraction of sp³-hybridized carbons (Fsp3) is 0.375. The van der Waals surface area contributed by atoms with Crippen molar-refractivity contribution < 1.29 is 9.47 Å². The summed E-state index contributed by atoms with van der Waals surface area (Å²) in [5.74, 6) is 0. The molecule has 0 aliphatic carbocycles. The zero-order valence-electron chi connectivity index (χ0n) is 8.22. The van der Waals surface area contributed by atoms with Crippen LogP contribution in [0.2, 0.25) is 5.28 Å². The second kappa shape index (κ2) is 4.09. The molecule has 0 N–H and O–H groups in total. The minimum Gasteiger partial charge on any atom is -0.338 e. The second-order valence-electron chi connectivity index (χ2n) is 2.78. The lowest BCUT2D eigenvalue weighted by molar-refractivity contribution is -0.153. The van der Waals surface area contributed by atoms with Gasteiger partial charge in [-0.15, -0.1) is 0 Å². The highest BCUT2D eigenvalue weighted by molar-refractivity contribution is 6.28. The van der Waals surface area contributed by atoms with Crippen molar-refractivity contribution in [2.75, 3.05) is 14.2 Å². The Kier molecular flexibility index (Phi) is 2.81. The number of fused-ring (bicyclic) bond motifs is 1. The lowest BCUT2D eigenvalue weighted by atomic mass is 10.5. The van der Waals surface area contributed by atoms with Gasteiger partial charge in [-0.2, -0.15) is 4.98 Å². The van der Waals surface area contributed by atoms with Crippen molar-refractivity contribution in [1.82, 2.24) is 19.5 Å². The van der Waals surface area contributed by atoms with E-state index in [1.54, 1.807) is 17.1 Å². The number of imidazole rings is 1. The average Bonchev–Trinajstić information content (AvgIpc) is 2.64. The Morgan fingerprint density at radius 1 is 1.33 bits per heavy atom. The number of ether oxygens (including phenoxy) is 2. The molecule has 2 aromatic rings. The minimum absolute atomic E-state index is 0.162. The predicted octanol–water partition coefficient (Wildman–Crippen LogP) is 1.23. The van der Waals surface area contributed by atoms with E-state index in [4.69, 9.17) is 21.1 Å². The van der Waals surface area contributed by atoms with Gasteiger partial charge in [0.05, 0.1) is 6.20 Å². The van der Waals surface area contributed by atoms with Gasteiger partial charge in [0.1, 0.15) is 11.8 Å². The smallest absolute Gasteiger partial charge is 0.246 e. The van der Waals surface area contributed by atoms with Gasteiger partial charge in [0.2, 0.25) is 11.7 Å². The van der Waals surface area contributed by atoms with E-state index < -0.39 is 6.41 Å². The monoisotopic (exact) mass is 228 g/mol. The van der Waals surface area contributed by atoms with Crippen LogP contribution in [0, 0.1) is 0 Å². The maximum absolute atomic E-state index is 5.69. The summed E-state index contributed by atoms with van der Waals surface area (Å²) in [6.07, 6.45) is 2.54. The Bertz CT molecular complexity index is 469. The van der Waals surface area contributed by atoms with E-state index in [-0.39, 0.29) is 5.28 Å². The van der Waals surface area contributed by atoms with E-state index in [1.165, 1.54) is 14.2 Å². The first kappa shape index (κ1) is 10.3. The zero-order chi connectivity index (χ0) is 10.8. The van der Waals surface area contributed by atoms with Gasteiger partial charge in [0, 0.05) is 14.2 Å². The number of halogens is 1. The molecule has 0 saturated carbocycles. The molecule has 0 fully saturated rings. The summed E-state index contributed by atoms with van der Waals surface area (Å²) in [6.45, 7) is 0. The molecular weight excluding hydrogens is 220 g/mol. The standard InChI is InChI=1S/C8H9ClN4O2/c1-14-8(15-2)13-4-11-5-3-10-7(9)12-6(5)13/h3-4,8H,1-2H3.